The van der Waals surface area contributed by atoms with Crippen molar-refractivity contribution >= 4 is 11.5 Å². The van der Waals surface area contributed by atoms with Gasteiger partial charge < -0.3 is 14.6 Å². The summed E-state index contributed by atoms with van der Waals surface area (Å²) in [6.45, 7) is 1.48. The largest absolute Gasteiger partial charge is 0.481 e. The van der Waals surface area contributed by atoms with Gasteiger partial charge in [0.1, 0.15) is 0 Å². The van der Waals surface area contributed by atoms with Crippen molar-refractivity contribution in [3.05, 3.63) is 41.0 Å². The van der Waals surface area contributed by atoms with Gasteiger partial charge >= 0.3 is 5.69 Å². The molecular weight excluding hydrogens is 274 g/mol. The van der Waals surface area contributed by atoms with Crippen LogP contribution in [0.25, 0.3) is 0 Å². The smallest absolute Gasteiger partial charge is 0.311 e. The van der Waals surface area contributed by atoms with Gasteiger partial charge in [0.15, 0.2) is 0 Å². The number of ether oxygens (including phenoxy) is 1. The Hall–Kier alpha value is -2.64. The monoisotopic (exact) mass is 291 g/mol. The third kappa shape index (κ3) is 4.16. The third-order valence-electron chi connectivity index (χ3n) is 2.95. The number of rotatable bonds is 8. The highest BCUT2D eigenvalue weighted by atomic mass is 16.6. The number of unbranched alkanes of at least 4 members (excludes halogenated alkanes) is 1. The molecule has 2 heterocycles. The summed E-state index contributed by atoms with van der Waals surface area (Å²) in [5.74, 6) is 0.587. The van der Waals surface area contributed by atoms with Crippen LogP contribution in [0, 0.1) is 10.1 Å². The molecule has 0 aliphatic carbocycles. The number of aromatic nitrogens is 3. The number of nitrogens with zero attached hydrogens (tertiary/aromatic N) is 4. The minimum Gasteiger partial charge on any atom is -0.481 e. The van der Waals surface area contributed by atoms with Gasteiger partial charge in [-0.1, -0.05) is 0 Å². The van der Waals surface area contributed by atoms with Gasteiger partial charge in [-0.25, -0.2) is 4.98 Å². The van der Waals surface area contributed by atoms with Crippen molar-refractivity contribution in [3.63, 3.8) is 0 Å². The molecule has 0 radical (unpaired) electrons. The van der Waals surface area contributed by atoms with Crippen LogP contribution in [0.2, 0.25) is 0 Å². The summed E-state index contributed by atoms with van der Waals surface area (Å²) in [5.41, 5.74) is -0.0505. The average molecular weight is 291 g/mol. The molecule has 0 unspecified atom stereocenters. The summed E-state index contributed by atoms with van der Waals surface area (Å²) in [6.07, 6.45) is 7.22. The lowest BCUT2D eigenvalue weighted by molar-refractivity contribution is -0.384. The Kier molecular flexibility index (Phi) is 5.08. The molecule has 2 aromatic heterocycles. The van der Waals surface area contributed by atoms with Crippen molar-refractivity contribution in [2.24, 2.45) is 0 Å². The Balaban J connectivity index is 1.85. The molecule has 0 saturated heterocycles. The van der Waals surface area contributed by atoms with E-state index in [1.54, 1.807) is 12.5 Å². The van der Waals surface area contributed by atoms with Crippen LogP contribution in [0.15, 0.2) is 30.9 Å². The predicted molar refractivity (Wildman–Crippen MR) is 77.4 cm³/mol. The van der Waals surface area contributed by atoms with E-state index in [0.717, 1.165) is 19.4 Å². The molecule has 8 heteroatoms. The highest BCUT2D eigenvalue weighted by molar-refractivity contribution is 5.56. The van der Waals surface area contributed by atoms with Crippen LogP contribution in [0.5, 0.6) is 5.88 Å². The second-order valence-electron chi connectivity index (χ2n) is 4.41. The average Bonchev–Trinajstić information content (AvgIpc) is 2.99. The number of nitro groups is 1. The second-order valence-corrected chi connectivity index (χ2v) is 4.41. The number of imidazole rings is 1. The lowest BCUT2D eigenvalue weighted by Crippen LogP contribution is -2.08. The van der Waals surface area contributed by atoms with Crippen LogP contribution < -0.4 is 10.1 Å². The topological polar surface area (TPSA) is 95.1 Å². The summed E-state index contributed by atoms with van der Waals surface area (Å²) in [7, 11) is 1.48. The van der Waals surface area contributed by atoms with E-state index < -0.39 is 4.92 Å². The summed E-state index contributed by atoms with van der Waals surface area (Å²) < 4.78 is 6.97. The zero-order valence-corrected chi connectivity index (χ0v) is 11.7. The van der Waals surface area contributed by atoms with Crippen LogP contribution in [0.3, 0.4) is 0 Å². The fraction of sp³-hybridized carbons (Fsp3) is 0.385. The van der Waals surface area contributed by atoms with Gasteiger partial charge in [0, 0.05) is 37.6 Å². The SMILES string of the molecule is COc1ccc([N+](=O)[O-])c(NCCCCn2ccnc2)n1. The molecule has 2 rings (SSSR count). The molecule has 21 heavy (non-hydrogen) atoms. The number of pyridine rings is 1. The first kappa shape index (κ1) is 14.8. The van der Waals surface area contributed by atoms with Crippen molar-refractivity contribution in [2.75, 3.05) is 19.0 Å². The van der Waals surface area contributed by atoms with E-state index >= 15 is 0 Å². The molecule has 0 aliphatic heterocycles. The molecule has 0 aliphatic rings. The maximum atomic E-state index is 10.9. The number of anilines is 1. The summed E-state index contributed by atoms with van der Waals surface area (Å²) in [6, 6.07) is 2.86. The van der Waals surface area contributed by atoms with Crippen LogP contribution in [0.4, 0.5) is 11.5 Å². The highest BCUT2D eigenvalue weighted by Gasteiger charge is 2.15. The van der Waals surface area contributed by atoms with Gasteiger partial charge in [-0.05, 0) is 12.8 Å². The molecular formula is C13H17N5O3. The number of methoxy groups -OCH3 is 1. The van der Waals surface area contributed by atoms with Crippen molar-refractivity contribution in [2.45, 2.75) is 19.4 Å². The van der Waals surface area contributed by atoms with E-state index in [1.807, 2.05) is 10.8 Å². The summed E-state index contributed by atoms with van der Waals surface area (Å²) in [5, 5.41) is 13.9. The van der Waals surface area contributed by atoms with E-state index in [0.29, 0.717) is 12.4 Å². The Bertz CT molecular complexity index is 585. The minimum atomic E-state index is -0.458. The number of hydrogen-bond acceptors (Lipinski definition) is 6. The third-order valence-corrected chi connectivity index (χ3v) is 2.95. The molecule has 0 atom stereocenters. The molecule has 0 spiro atoms. The lowest BCUT2D eigenvalue weighted by atomic mass is 10.3. The first-order chi connectivity index (χ1) is 10.2. The van der Waals surface area contributed by atoms with Gasteiger partial charge in [-0.2, -0.15) is 4.98 Å². The summed E-state index contributed by atoms with van der Waals surface area (Å²) >= 11 is 0. The number of nitrogens with one attached hydrogen (secondary N) is 1. The van der Waals surface area contributed by atoms with Crippen molar-refractivity contribution in [1.29, 1.82) is 0 Å². The maximum absolute atomic E-state index is 10.9. The Morgan fingerprint density at radius 3 is 2.95 bits per heavy atom. The number of hydrogen-bond donors (Lipinski definition) is 1. The Morgan fingerprint density at radius 2 is 2.29 bits per heavy atom. The minimum absolute atomic E-state index is 0.0505. The molecule has 0 saturated carbocycles. The zero-order chi connectivity index (χ0) is 15.1. The molecule has 2 aromatic rings. The number of aryl methyl sites for hydroxylation is 1. The molecule has 8 nitrogen and oxygen atoms in total. The quantitative estimate of drug-likeness (QED) is 0.454. The normalized spacial score (nSPS) is 10.3. The van der Waals surface area contributed by atoms with Crippen LogP contribution >= 0.6 is 0 Å². The highest BCUT2D eigenvalue weighted by Crippen LogP contribution is 2.24. The Labute approximate surface area is 121 Å². The standard InChI is InChI=1S/C13H17N5O3/c1-21-12-5-4-11(18(19)20)13(16-12)15-6-2-3-8-17-9-7-14-10-17/h4-5,7,9-10H,2-3,6,8H2,1H3,(H,15,16). The van der Waals surface area contributed by atoms with E-state index in [1.165, 1.54) is 19.2 Å². The molecule has 0 amide bonds. The fourth-order valence-electron chi connectivity index (χ4n) is 1.87. The Morgan fingerprint density at radius 1 is 1.43 bits per heavy atom. The van der Waals surface area contributed by atoms with Gasteiger partial charge in [0.25, 0.3) is 0 Å². The van der Waals surface area contributed by atoms with E-state index in [4.69, 9.17) is 4.74 Å². The van der Waals surface area contributed by atoms with E-state index in [9.17, 15) is 10.1 Å². The van der Waals surface area contributed by atoms with Crippen LogP contribution in [-0.2, 0) is 6.54 Å². The second kappa shape index (κ2) is 7.22. The first-order valence-electron chi connectivity index (χ1n) is 6.59. The van der Waals surface area contributed by atoms with Gasteiger partial charge in [-0.3, -0.25) is 10.1 Å². The molecule has 0 bridgehead atoms. The van der Waals surface area contributed by atoms with Gasteiger partial charge in [-0.15, -0.1) is 0 Å². The van der Waals surface area contributed by atoms with Crippen molar-refractivity contribution in [1.82, 2.24) is 14.5 Å². The maximum Gasteiger partial charge on any atom is 0.311 e. The van der Waals surface area contributed by atoms with Crippen molar-refractivity contribution in [3.8, 4) is 5.88 Å². The van der Waals surface area contributed by atoms with E-state index in [2.05, 4.69) is 15.3 Å². The predicted octanol–water partition coefficient (Wildman–Crippen LogP) is 2.09. The molecule has 1 N–H and O–H groups in total. The molecule has 112 valence electrons. The van der Waals surface area contributed by atoms with Crippen LogP contribution in [-0.4, -0.2) is 33.1 Å². The molecule has 0 aromatic carbocycles. The van der Waals surface area contributed by atoms with E-state index in [-0.39, 0.29) is 11.5 Å². The van der Waals surface area contributed by atoms with Crippen molar-refractivity contribution < 1.29 is 9.66 Å². The first-order valence-corrected chi connectivity index (χ1v) is 6.59. The summed E-state index contributed by atoms with van der Waals surface area (Å²) in [4.78, 5) is 18.5. The van der Waals surface area contributed by atoms with Gasteiger partial charge in [0.05, 0.1) is 18.4 Å². The fourth-order valence-corrected chi connectivity index (χ4v) is 1.87. The molecule has 0 fully saturated rings. The van der Waals surface area contributed by atoms with Crippen LogP contribution in [0.1, 0.15) is 12.8 Å². The zero-order valence-electron chi connectivity index (χ0n) is 11.7. The van der Waals surface area contributed by atoms with Gasteiger partial charge in [0.2, 0.25) is 11.7 Å². The lowest BCUT2D eigenvalue weighted by Gasteiger charge is -2.08.